The third-order valence-electron chi connectivity index (χ3n) is 3.09. The van der Waals surface area contributed by atoms with Gasteiger partial charge in [-0.1, -0.05) is 0 Å². The fraction of sp³-hybridized carbons (Fsp3) is 0.625. The number of benzene rings is 1. The highest BCUT2D eigenvalue weighted by Gasteiger charge is 2.34. The number of aryl methyl sites for hydroxylation is 1. The zero-order chi connectivity index (χ0) is 18.5. The summed E-state index contributed by atoms with van der Waals surface area (Å²) < 4.78 is 69.6. The van der Waals surface area contributed by atoms with Crippen LogP contribution in [0.25, 0.3) is 0 Å². The highest BCUT2D eigenvalue weighted by molar-refractivity contribution is 5.98. The van der Waals surface area contributed by atoms with Gasteiger partial charge in [-0.3, -0.25) is 0 Å². The minimum Gasteiger partial charge on any atom is -0.371 e. The van der Waals surface area contributed by atoms with Crippen molar-refractivity contribution < 1.29 is 31.5 Å². The molecule has 0 N–H and O–H groups in total. The summed E-state index contributed by atoms with van der Waals surface area (Å²) in [6.07, 6.45) is -0.103. The van der Waals surface area contributed by atoms with Crippen molar-refractivity contribution in [3.8, 4) is 0 Å². The van der Waals surface area contributed by atoms with Crippen LogP contribution in [0.2, 0.25) is 0 Å². The monoisotopic (exact) mass is 365 g/mol. The van der Waals surface area contributed by atoms with Crippen LogP contribution in [-0.2, 0) is 20.3 Å². The second-order valence-electron chi connectivity index (χ2n) is 5.93. The maximum Gasteiger partial charge on any atom is 0.273 e. The summed E-state index contributed by atoms with van der Waals surface area (Å²) >= 11 is 0. The second kappa shape index (κ2) is 8.94. The standard InChI is InChI=1S/C16H21F4O3Si/c1-9(2)21-16(23-24,22-10(3)4)7-5-6-11-8-12(17)14(19)15(20)13(11)18/h8-10H,5-7H2,1-4H3. The molecule has 24 heavy (non-hydrogen) atoms. The summed E-state index contributed by atoms with van der Waals surface area (Å²) in [7, 11) is 2.92. The normalized spacial score (nSPS) is 12.5. The molecule has 1 rings (SSSR count). The van der Waals surface area contributed by atoms with Crippen molar-refractivity contribution in [2.75, 3.05) is 0 Å². The van der Waals surface area contributed by atoms with E-state index >= 15 is 0 Å². The molecule has 0 fully saturated rings. The molecule has 0 aliphatic rings. The molecule has 8 heteroatoms. The highest BCUT2D eigenvalue weighted by Crippen LogP contribution is 2.27. The Morgan fingerprint density at radius 3 is 1.96 bits per heavy atom. The van der Waals surface area contributed by atoms with Gasteiger partial charge in [0.25, 0.3) is 16.5 Å². The fourth-order valence-corrected chi connectivity index (χ4v) is 2.46. The van der Waals surface area contributed by atoms with Crippen LogP contribution in [0.15, 0.2) is 6.07 Å². The van der Waals surface area contributed by atoms with Crippen LogP contribution < -0.4 is 0 Å². The number of halogens is 4. The lowest BCUT2D eigenvalue weighted by Gasteiger charge is -2.35. The first kappa shape index (κ1) is 21.1. The summed E-state index contributed by atoms with van der Waals surface area (Å²) in [5, 5.41) is 0. The zero-order valence-corrected chi connectivity index (χ0v) is 15.1. The van der Waals surface area contributed by atoms with E-state index in [9.17, 15) is 17.6 Å². The van der Waals surface area contributed by atoms with Gasteiger partial charge in [0.15, 0.2) is 23.3 Å². The van der Waals surface area contributed by atoms with Gasteiger partial charge in [-0.2, -0.15) is 0 Å². The Morgan fingerprint density at radius 1 is 0.958 bits per heavy atom. The lowest BCUT2D eigenvalue weighted by Crippen LogP contribution is -2.42. The first-order valence-corrected chi connectivity index (χ1v) is 8.05. The van der Waals surface area contributed by atoms with Crippen LogP contribution in [0.5, 0.6) is 0 Å². The van der Waals surface area contributed by atoms with Gasteiger partial charge in [0, 0.05) is 6.42 Å². The lowest BCUT2D eigenvalue weighted by atomic mass is 10.1. The number of rotatable bonds is 9. The Morgan fingerprint density at radius 2 is 1.50 bits per heavy atom. The van der Waals surface area contributed by atoms with Gasteiger partial charge in [0.1, 0.15) is 0 Å². The SMILES string of the molecule is CC(C)OC(CCCc1cc(F)c(F)c(F)c1F)(O[Si])OC(C)C. The molecular weight excluding hydrogens is 344 g/mol. The van der Waals surface area contributed by atoms with Crippen molar-refractivity contribution in [2.24, 2.45) is 0 Å². The van der Waals surface area contributed by atoms with Gasteiger partial charge in [-0.15, -0.1) is 0 Å². The molecular formula is C16H21F4O3Si. The summed E-state index contributed by atoms with van der Waals surface area (Å²) in [4.78, 5) is 0. The van der Waals surface area contributed by atoms with Crippen molar-refractivity contribution in [3.63, 3.8) is 0 Å². The van der Waals surface area contributed by atoms with Crippen LogP contribution in [0.4, 0.5) is 17.6 Å². The van der Waals surface area contributed by atoms with E-state index in [0.29, 0.717) is 6.07 Å². The predicted molar refractivity (Wildman–Crippen MR) is 81.2 cm³/mol. The van der Waals surface area contributed by atoms with Crippen LogP contribution in [0.1, 0.15) is 46.1 Å². The molecule has 0 aromatic heterocycles. The molecule has 0 saturated carbocycles. The molecule has 1 aromatic rings. The summed E-state index contributed by atoms with van der Waals surface area (Å²) in [6, 6.07) is 0.649. The van der Waals surface area contributed by atoms with Crippen LogP contribution >= 0.6 is 0 Å². The molecule has 0 aliphatic carbocycles. The van der Waals surface area contributed by atoms with E-state index in [-0.39, 0.29) is 37.0 Å². The van der Waals surface area contributed by atoms with E-state index in [1.165, 1.54) is 0 Å². The molecule has 0 bridgehead atoms. The molecule has 0 unspecified atom stereocenters. The fourth-order valence-electron chi connectivity index (χ4n) is 2.26. The first-order chi connectivity index (χ1) is 11.1. The molecule has 0 saturated heterocycles. The minimum absolute atomic E-state index is 0.0415. The molecule has 0 aliphatic heterocycles. The van der Waals surface area contributed by atoms with Gasteiger partial charge in [0.2, 0.25) is 0 Å². The Kier molecular flexibility index (Phi) is 7.85. The van der Waals surface area contributed by atoms with Crippen LogP contribution in [0, 0.1) is 23.3 Å². The summed E-state index contributed by atoms with van der Waals surface area (Å²) in [6.45, 7) is 7.14. The molecule has 0 heterocycles. The van der Waals surface area contributed by atoms with Gasteiger partial charge in [-0.05, 0) is 52.2 Å². The Hall–Kier alpha value is -0.963. The molecule has 1 aromatic carbocycles. The van der Waals surface area contributed by atoms with Gasteiger partial charge in [0.05, 0.1) is 12.2 Å². The van der Waals surface area contributed by atoms with Gasteiger partial charge < -0.3 is 13.9 Å². The van der Waals surface area contributed by atoms with Crippen molar-refractivity contribution in [1.29, 1.82) is 0 Å². The topological polar surface area (TPSA) is 27.7 Å². The number of hydrogen-bond donors (Lipinski definition) is 0. The molecule has 0 amide bonds. The van der Waals surface area contributed by atoms with E-state index in [0.717, 1.165) is 0 Å². The number of hydrogen-bond acceptors (Lipinski definition) is 3. The number of ether oxygens (including phenoxy) is 2. The van der Waals surface area contributed by atoms with E-state index in [1.807, 2.05) is 0 Å². The largest absolute Gasteiger partial charge is 0.371 e. The maximum absolute atomic E-state index is 13.7. The Bertz CT molecular complexity index is 543. The summed E-state index contributed by atoms with van der Waals surface area (Å²) in [5.41, 5.74) is -0.261. The quantitative estimate of drug-likeness (QED) is 0.216. The van der Waals surface area contributed by atoms with Crippen molar-refractivity contribution in [3.05, 3.63) is 34.9 Å². The van der Waals surface area contributed by atoms with Crippen molar-refractivity contribution in [1.82, 2.24) is 0 Å². The molecule has 0 spiro atoms. The van der Waals surface area contributed by atoms with Crippen molar-refractivity contribution >= 4 is 10.5 Å². The van der Waals surface area contributed by atoms with E-state index in [4.69, 9.17) is 13.9 Å². The van der Waals surface area contributed by atoms with Crippen LogP contribution in [-0.4, -0.2) is 28.7 Å². The lowest BCUT2D eigenvalue weighted by molar-refractivity contribution is -0.369. The molecule has 3 nitrogen and oxygen atoms in total. The zero-order valence-electron chi connectivity index (χ0n) is 14.1. The highest BCUT2D eigenvalue weighted by atomic mass is 28.2. The van der Waals surface area contributed by atoms with E-state index in [1.54, 1.807) is 27.7 Å². The maximum atomic E-state index is 13.7. The van der Waals surface area contributed by atoms with Gasteiger partial charge >= 0.3 is 0 Å². The molecule has 0 atom stereocenters. The van der Waals surface area contributed by atoms with E-state index < -0.39 is 29.2 Å². The molecule has 135 valence electrons. The summed E-state index contributed by atoms with van der Waals surface area (Å²) in [5.74, 6) is -7.88. The van der Waals surface area contributed by atoms with E-state index in [2.05, 4.69) is 10.5 Å². The smallest absolute Gasteiger partial charge is 0.273 e. The minimum atomic E-state index is -1.82. The van der Waals surface area contributed by atoms with Gasteiger partial charge in [-0.25, -0.2) is 17.6 Å². The third kappa shape index (κ3) is 5.54. The second-order valence-corrected chi connectivity index (χ2v) is 6.14. The third-order valence-corrected chi connectivity index (χ3v) is 3.40. The molecule has 3 radical (unpaired) electrons. The predicted octanol–water partition coefficient (Wildman–Crippen LogP) is 4.17. The first-order valence-electron chi connectivity index (χ1n) is 7.64. The average Bonchev–Trinajstić information content (AvgIpc) is 2.48. The van der Waals surface area contributed by atoms with Crippen molar-refractivity contribution in [2.45, 2.75) is 65.1 Å². The average molecular weight is 365 g/mol. The Balaban J connectivity index is 2.85. The Labute approximate surface area is 142 Å². The van der Waals surface area contributed by atoms with Crippen LogP contribution in [0.3, 0.4) is 0 Å².